The zero-order valence-corrected chi connectivity index (χ0v) is 18.4. The van der Waals surface area contributed by atoms with Gasteiger partial charge >= 0.3 is 0 Å². The van der Waals surface area contributed by atoms with Crippen LogP contribution in [0.25, 0.3) is 0 Å². The molecule has 2 aromatic carbocycles. The molecule has 0 unspecified atom stereocenters. The Balaban J connectivity index is 1.76. The lowest BCUT2D eigenvalue weighted by Crippen LogP contribution is -2.46. The lowest BCUT2D eigenvalue weighted by molar-refractivity contribution is 0.218. The number of ether oxygens (including phenoxy) is 2. The molecule has 1 aliphatic heterocycles. The van der Waals surface area contributed by atoms with E-state index in [9.17, 15) is 0 Å². The molecule has 1 fully saturated rings. The largest absolute Gasteiger partial charge is 0.490 e. The standard InChI is InChI=1S/C21H24Cl2N2O2S/c1-3-26-20-13-15(21(28)25-11-9-24(2)10-12-25)7-8-19(20)27-14-16-17(22)5-4-6-18(16)23/h4-8,13H,3,9-12,14H2,1-2H3. The van der Waals surface area contributed by atoms with Crippen molar-refractivity contribution in [1.29, 1.82) is 0 Å². The molecule has 0 aromatic heterocycles. The minimum absolute atomic E-state index is 0.265. The molecule has 0 spiro atoms. The Labute approximate surface area is 181 Å². The van der Waals surface area contributed by atoms with Gasteiger partial charge in [0.1, 0.15) is 11.6 Å². The van der Waals surface area contributed by atoms with Crippen LogP contribution in [0.15, 0.2) is 36.4 Å². The Morgan fingerprint density at radius 1 is 1.00 bits per heavy atom. The SMILES string of the molecule is CCOc1cc(C(=S)N2CCN(C)CC2)ccc1OCc1c(Cl)cccc1Cl. The van der Waals surface area contributed by atoms with Crippen molar-refractivity contribution in [1.82, 2.24) is 9.80 Å². The highest BCUT2D eigenvalue weighted by Crippen LogP contribution is 2.32. The smallest absolute Gasteiger partial charge is 0.161 e. The molecule has 28 heavy (non-hydrogen) atoms. The zero-order chi connectivity index (χ0) is 20.1. The molecule has 0 saturated carbocycles. The third-order valence-electron chi connectivity index (χ3n) is 4.71. The summed E-state index contributed by atoms with van der Waals surface area (Å²) in [4.78, 5) is 5.39. The second-order valence-corrected chi connectivity index (χ2v) is 7.88. The third-order valence-corrected chi connectivity index (χ3v) is 5.92. The summed E-state index contributed by atoms with van der Waals surface area (Å²) >= 11 is 18.2. The molecule has 1 heterocycles. The molecule has 150 valence electrons. The number of nitrogens with zero attached hydrogens (tertiary/aromatic N) is 2. The van der Waals surface area contributed by atoms with Crippen LogP contribution in [0.5, 0.6) is 11.5 Å². The molecule has 0 N–H and O–H groups in total. The van der Waals surface area contributed by atoms with Crippen molar-refractivity contribution in [2.45, 2.75) is 13.5 Å². The summed E-state index contributed by atoms with van der Waals surface area (Å²) in [6.07, 6.45) is 0. The number of hydrogen-bond acceptors (Lipinski definition) is 4. The van der Waals surface area contributed by atoms with Crippen LogP contribution >= 0.6 is 35.4 Å². The van der Waals surface area contributed by atoms with E-state index in [2.05, 4.69) is 16.8 Å². The van der Waals surface area contributed by atoms with Gasteiger partial charge in [0.15, 0.2) is 11.5 Å². The molecule has 3 rings (SSSR count). The Hall–Kier alpha value is -1.53. The average Bonchev–Trinajstić information content (AvgIpc) is 2.69. The van der Waals surface area contributed by atoms with Crippen LogP contribution in [0.3, 0.4) is 0 Å². The van der Waals surface area contributed by atoms with E-state index < -0.39 is 0 Å². The fraction of sp³-hybridized carbons (Fsp3) is 0.381. The topological polar surface area (TPSA) is 24.9 Å². The van der Waals surface area contributed by atoms with E-state index >= 15 is 0 Å². The highest BCUT2D eigenvalue weighted by molar-refractivity contribution is 7.80. The van der Waals surface area contributed by atoms with E-state index in [-0.39, 0.29) is 6.61 Å². The van der Waals surface area contributed by atoms with Gasteiger partial charge in [-0.3, -0.25) is 0 Å². The monoisotopic (exact) mass is 438 g/mol. The van der Waals surface area contributed by atoms with Gasteiger partial charge in [-0.2, -0.15) is 0 Å². The van der Waals surface area contributed by atoms with Crippen LogP contribution in [0.1, 0.15) is 18.1 Å². The Morgan fingerprint density at radius 2 is 1.68 bits per heavy atom. The van der Waals surface area contributed by atoms with Gasteiger partial charge < -0.3 is 19.3 Å². The Kier molecular flexibility index (Phi) is 7.41. The molecule has 0 atom stereocenters. The number of thiocarbonyl (C=S) groups is 1. The number of likely N-dealkylation sites (N-methyl/N-ethyl adjacent to an activating group) is 1. The lowest BCUT2D eigenvalue weighted by atomic mass is 10.1. The van der Waals surface area contributed by atoms with E-state index in [1.54, 1.807) is 12.1 Å². The minimum atomic E-state index is 0.265. The number of halogens is 2. The number of hydrogen-bond donors (Lipinski definition) is 0. The first-order chi connectivity index (χ1) is 13.5. The maximum atomic E-state index is 6.24. The second-order valence-electron chi connectivity index (χ2n) is 6.68. The van der Waals surface area contributed by atoms with E-state index in [0.717, 1.165) is 42.3 Å². The van der Waals surface area contributed by atoms with E-state index in [0.29, 0.717) is 28.2 Å². The number of benzene rings is 2. The van der Waals surface area contributed by atoms with Gasteiger partial charge in [0, 0.05) is 47.4 Å². The number of rotatable bonds is 6. The van der Waals surface area contributed by atoms with Gasteiger partial charge in [-0.15, -0.1) is 0 Å². The maximum absolute atomic E-state index is 6.24. The summed E-state index contributed by atoms with van der Waals surface area (Å²) in [7, 11) is 2.13. The van der Waals surface area contributed by atoms with Crippen molar-refractivity contribution < 1.29 is 9.47 Å². The van der Waals surface area contributed by atoms with E-state index in [1.807, 2.05) is 31.2 Å². The third kappa shape index (κ3) is 5.09. The minimum Gasteiger partial charge on any atom is -0.490 e. The van der Waals surface area contributed by atoms with Crippen molar-refractivity contribution in [3.8, 4) is 11.5 Å². The fourth-order valence-corrected chi connectivity index (χ4v) is 3.86. The summed E-state index contributed by atoms with van der Waals surface area (Å²) in [6.45, 7) is 6.64. The van der Waals surface area contributed by atoms with Crippen LogP contribution < -0.4 is 9.47 Å². The van der Waals surface area contributed by atoms with Gasteiger partial charge in [-0.25, -0.2) is 0 Å². The van der Waals surface area contributed by atoms with Crippen molar-refractivity contribution in [3.05, 3.63) is 57.6 Å². The van der Waals surface area contributed by atoms with Crippen molar-refractivity contribution in [2.75, 3.05) is 39.8 Å². The second kappa shape index (κ2) is 9.79. The molecular formula is C21H24Cl2N2O2S. The zero-order valence-electron chi connectivity index (χ0n) is 16.1. The van der Waals surface area contributed by atoms with Gasteiger partial charge in [-0.05, 0) is 44.3 Å². The van der Waals surface area contributed by atoms with Crippen LogP contribution in [-0.2, 0) is 6.61 Å². The predicted molar refractivity (Wildman–Crippen MR) is 119 cm³/mol. The summed E-state index contributed by atoms with van der Waals surface area (Å²) in [6, 6.07) is 11.2. The molecule has 7 heteroatoms. The summed E-state index contributed by atoms with van der Waals surface area (Å²) in [5, 5.41) is 1.16. The van der Waals surface area contributed by atoms with Crippen LogP contribution in [0.4, 0.5) is 0 Å². The first-order valence-electron chi connectivity index (χ1n) is 9.30. The molecule has 2 aromatic rings. The van der Waals surface area contributed by atoms with Crippen molar-refractivity contribution in [2.24, 2.45) is 0 Å². The highest BCUT2D eigenvalue weighted by Gasteiger charge is 2.19. The van der Waals surface area contributed by atoms with Crippen molar-refractivity contribution >= 4 is 40.4 Å². The molecule has 1 saturated heterocycles. The average molecular weight is 439 g/mol. The predicted octanol–water partition coefficient (Wildman–Crippen LogP) is 4.89. The number of piperazine rings is 1. The molecular weight excluding hydrogens is 415 g/mol. The quantitative estimate of drug-likeness (QED) is 0.597. The van der Waals surface area contributed by atoms with Crippen LogP contribution in [0, 0.1) is 0 Å². The molecule has 0 amide bonds. The normalized spacial score (nSPS) is 14.8. The summed E-state index contributed by atoms with van der Waals surface area (Å²) in [5.41, 5.74) is 1.72. The fourth-order valence-electron chi connectivity index (χ4n) is 3.04. The maximum Gasteiger partial charge on any atom is 0.161 e. The highest BCUT2D eigenvalue weighted by atomic mass is 35.5. The van der Waals surface area contributed by atoms with E-state index in [4.69, 9.17) is 44.9 Å². The van der Waals surface area contributed by atoms with Gasteiger partial charge in [0.2, 0.25) is 0 Å². The molecule has 4 nitrogen and oxygen atoms in total. The molecule has 0 bridgehead atoms. The first-order valence-corrected chi connectivity index (χ1v) is 10.5. The molecule has 0 radical (unpaired) electrons. The van der Waals surface area contributed by atoms with Gasteiger partial charge in [0.25, 0.3) is 0 Å². The Bertz CT molecular complexity index is 819. The van der Waals surface area contributed by atoms with Gasteiger partial charge in [0.05, 0.1) is 6.61 Å². The van der Waals surface area contributed by atoms with Gasteiger partial charge in [-0.1, -0.05) is 41.5 Å². The molecule has 1 aliphatic rings. The Morgan fingerprint density at radius 3 is 2.32 bits per heavy atom. The van der Waals surface area contributed by atoms with Crippen LogP contribution in [-0.4, -0.2) is 54.6 Å². The summed E-state index contributed by atoms with van der Waals surface area (Å²) < 4.78 is 11.8. The van der Waals surface area contributed by atoms with E-state index in [1.165, 1.54) is 0 Å². The van der Waals surface area contributed by atoms with Crippen molar-refractivity contribution in [3.63, 3.8) is 0 Å². The first kappa shape index (κ1) is 21.2. The molecule has 0 aliphatic carbocycles. The summed E-state index contributed by atoms with van der Waals surface area (Å²) in [5.74, 6) is 1.31. The lowest BCUT2D eigenvalue weighted by Gasteiger charge is -2.34. The van der Waals surface area contributed by atoms with Crippen LogP contribution in [0.2, 0.25) is 10.0 Å².